The Balaban J connectivity index is -0.00000116. The Morgan fingerprint density at radius 3 is 0.921 bits per heavy atom. The third-order valence-corrected chi connectivity index (χ3v) is 6.41. The molecule has 0 radical (unpaired) electrons. The molecule has 2 aromatic carbocycles. The van der Waals surface area contributed by atoms with Gasteiger partial charge in [0.25, 0.3) is 0 Å². The van der Waals surface area contributed by atoms with E-state index in [2.05, 4.69) is 87.1 Å². The summed E-state index contributed by atoms with van der Waals surface area (Å²) in [6.45, 7) is 21.6. The highest BCUT2D eigenvalue weighted by Crippen LogP contribution is 2.16. The minimum Gasteiger partial charge on any atom is -0.317 e. The minimum atomic E-state index is 0. The molecule has 0 heterocycles. The molecule has 2 rings (SSSR count). The second-order valence-electron chi connectivity index (χ2n) is 9.67. The van der Waals surface area contributed by atoms with E-state index in [0.29, 0.717) is 0 Å². The summed E-state index contributed by atoms with van der Waals surface area (Å²) in [5.74, 6) is 0. The zero-order valence-corrected chi connectivity index (χ0v) is 23.7. The molecule has 0 atom stereocenters. The van der Waals surface area contributed by atoms with E-state index in [-0.39, 0.29) is 26.2 Å². The van der Waals surface area contributed by atoms with Crippen molar-refractivity contribution in [2.24, 2.45) is 0 Å². The van der Waals surface area contributed by atoms with E-state index in [1.54, 1.807) is 0 Å². The van der Waals surface area contributed by atoms with Crippen molar-refractivity contribution < 1.29 is 18.8 Å². The maximum absolute atomic E-state index is 3.60. The Morgan fingerprint density at radius 1 is 0.421 bits per heavy atom. The maximum Gasteiger partial charge on any atom is 0.0210 e. The standard InChI is InChI=1S/C29H48N4.CH4.4FH/c1-22-16-24(3)28(25(4)17-22)20-32-14-8-12-30-10-7-11-31-13-9-15-33-21-29-26(5)18-23(2)19-27(29)6;;;;;/h16-19,30-33H,7-15,20-21H2,1-6H3;1H4;4*1H. The van der Waals surface area contributed by atoms with E-state index < -0.39 is 0 Å². The van der Waals surface area contributed by atoms with Crippen LogP contribution in [0.5, 0.6) is 0 Å². The minimum absolute atomic E-state index is 0. The summed E-state index contributed by atoms with van der Waals surface area (Å²) < 4.78 is 0. The van der Waals surface area contributed by atoms with Crippen LogP contribution >= 0.6 is 0 Å². The summed E-state index contributed by atoms with van der Waals surface area (Å²) in [5, 5.41) is 14.3. The number of nitrogens with one attached hydrogen (secondary N) is 4. The Bertz CT molecular complexity index is 747. The van der Waals surface area contributed by atoms with Gasteiger partial charge in [0.15, 0.2) is 0 Å². The summed E-state index contributed by atoms with van der Waals surface area (Å²) in [7, 11) is 0. The zero-order chi connectivity index (χ0) is 24.1. The molecule has 0 amide bonds. The summed E-state index contributed by atoms with van der Waals surface area (Å²) in [4.78, 5) is 0. The molecule has 2 aromatic rings. The molecule has 8 heteroatoms. The van der Waals surface area contributed by atoms with Gasteiger partial charge in [-0.05, 0) is 133 Å². The Morgan fingerprint density at radius 2 is 0.658 bits per heavy atom. The van der Waals surface area contributed by atoms with Crippen molar-refractivity contribution >= 4 is 0 Å². The van der Waals surface area contributed by atoms with Crippen LogP contribution < -0.4 is 21.3 Å². The molecule has 0 saturated heterocycles. The topological polar surface area (TPSA) is 48.1 Å². The molecule has 0 aliphatic heterocycles. The average Bonchev–Trinajstić information content (AvgIpc) is 2.73. The van der Waals surface area contributed by atoms with Crippen LogP contribution in [-0.2, 0) is 13.1 Å². The van der Waals surface area contributed by atoms with Gasteiger partial charge in [-0.2, -0.15) is 0 Å². The van der Waals surface area contributed by atoms with E-state index >= 15 is 0 Å². The summed E-state index contributed by atoms with van der Waals surface area (Å²) in [5.41, 5.74) is 11.2. The van der Waals surface area contributed by atoms with E-state index in [1.165, 1.54) is 63.8 Å². The van der Waals surface area contributed by atoms with E-state index in [1.807, 2.05) is 0 Å². The quantitative estimate of drug-likeness (QED) is 0.153. The molecule has 0 spiro atoms. The van der Waals surface area contributed by atoms with Crippen molar-refractivity contribution in [3.8, 4) is 0 Å². The van der Waals surface area contributed by atoms with Gasteiger partial charge in [-0.3, -0.25) is 18.8 Å². The molecular weight excluding hydrogens is 492 g/mol. The van der Waals surface area contributed by atoms with Gasteiger partial charge in [0, 0.05) is 13.1 Å². The van der Waals surface area contributed by atoms with Crippen LogP contribution in [0.2, 0.25) is 0 Å². The molecule has 38 heavy (non-hydrogen) atoms. The Hall–Kier alpha value is -2.00. The lowest BCUT2D eigenvalue weighted by molar-refractivity contribution is 0.551. The van der Waals surface area contributed by atoms with Crippen LogP contribution in [0.3, 0.4) is 0 Å². The molecule has 224 valence electrons. The molecular formula is C30H56F4N4. The van der Waals surface area contributed by atoms with Gasteiger partial charge in [-0.15, -0.1) is 0 Å². The average molecular weight is 549 g/mol. The van der Waals surface area contributed by atoms with Crippen LogP contribution in [0, 0.1) is 41.5 Å². The number of hydrogen-bond acceptors (Lipinski definition) is 4. The first-order valence-electron chi connectivity index (χ1n) is 12.8. The van der Waals surface area contributed by atoms with Crippen LogP contribution in [0.15, 0.2) is 24.3 Å². The Labute approximate surface area is 229 Å². The van der Waals surface area contributed by atoms with Crippen molar-refractivity contribution in [3.63, 3.8) is 0 Å². The van der Waals surface area contributed by atoms with Crippen molar-refractivity contribution in [2.45, 2.75) is 81.3 Å². The smallest absolute Gasteiger partial charge is 0.0210 e. The normalized spacial score (nSPS) is 9.84. The predicted molar refractivity (Wildman–Crippen MR) is 161 cm³/mol. The monoisotopic (exact) mass is 548 g/mol. The van der Waals surface area contributed by atoms with Crippen LogP contribution in [0.1, 0.15) is 71.2 Å². The second kappa shape index (κ2) is 24.1. The lowest BCUT2D eigenvalue weighted by Gasteiger charge is -2.13. The highest BCUT2D eigenvalue weighted by atomic mass is 19.0. The third-order valence-electron chi connectivity index (χ3n) is 6.41. The third kappa shape index (κ3) is 16.1. The first-order chi connectivity index (χ1) is 15.9. The van der Waals surface area contributed by atoms with Crippen molar-refractivity contribution in [1.29, 1.82) is 0 Å². The largest absolute Gasteiger partial charge is 0.317 e. The van der Waals surface area contributed by atoms with Crippen molar-refractivity contribution in [3.05, 3.63) is 68.8 Å². The number of benzene rings is 2. The van der Waals surface area contributed by atoms with Gasteiger partial charge >= 0.3 is 0 Å². The Kier molecular flexibility index (Phi) is 27.3. The van der Waals surface area contributed by atoms with Gasteiger partial charge in [0.05, 0.1) is 0 Å². The number of hydrogen-bond donors (Lipinski definition) is 4. The SMILES string of the molecule is C.Cc1cc(C)c(CNCCCNCCCNCCCNCc2c(C)cc(C)cc2C)c(C)c1.F.F.F.F. The first kappa shape index (κ1) is 43.1. The zero-order valence-electron chi connectivity index (χ0n) is 23.7. The number of rotatable bonds is 16. The summed E-state index contributed by atoms with van der Waals surface area (Å²) in [6.07, 6.45) is 3.52. The van der Waals surface area contributed by atoms with E-state index in [0.717, 1.165) is 52.4 Å². The molecule has 4 nitrogen and oxygen atoms in total. The van der Waals surface area contributed by atoms with Crippen molar-refractivity contribution in [2.75, 3.05) is 39.3 Å². The van der Waals surface area contributed by atoms with Gasteiger partial charge < -0.3 is 21.3 Å². The van der Waals surface area contributed by atoms with Gasteiger partial charge in [0.2, 0.25) is 0 Å². The lowest BCUT2D eigenvalue weighted by Crippen LogP contribution is -2.27. The van der Waals surface area contributed by atoms with Crippen LogP contribution in [-0.4, -0.2) is 39.3 Å². The predicted octanol–water partition coefficient (Wildman–Crippen LogP) is 6.01. The fourth-order valence-corrected chi connectivity index (χ4v) is 4.67. The molecule has 0 unspecified atom stereocenters. The molecule has 0 bridgehead atoms. The van der Waals surface area contributed by atoms with E-state index in [9.17, 15) is 0 Å². The molecule has 0 aliphatic carbocycles. The molecule has 0 fully saturated rings. The summed E-state index contributed by atoms with van der Waals surface area (Å²) in [6, 6.07) is 9.12. The van der Waals surface area contributed by atoms with Crippen LogP contribution in [0.25, 0.3) is 0 Å². The fourth-order valence-electron chi connectivity index (χ4n) is 4.67. The molecule has 0 aliphatic rings. The summed E-state index contributed by atoms with van der Waals surface area (Å²) >= 11 is 0. The fraction of sp³-hybridized carbons (Fsp3) is 0.600. The maximum atomic E-state index is 3.60. The van der Waals surface area contributed by atoms with Gasteiger partial charge in [-0.1, -0.05) is 42.8 Å². The molecule has 0 saturated carbocycles. The molecule has 0 aromatic heterocycles. The number of aryl methyl sites for hydroxylation is 6. The first-order valence-corrected chi connectivity index (χ1v) is 12.8. The second-order valence-corrected chi connectivity index (χ2v) is 9.67. The lowest BCUT2D eigenvalue weighted by atomic mass is 10.00. The van der Waals surface area contributed by atoms with E-state index in [4.69, 9.17) is 0 Å². The van der Waals surface area contributed by atoms with Crippen molar-refractivity contribution in [1.82, 2.24) is 21.3 Å². The van der Waals surface area contributed by atoms with Crippen LogP contribution in [0.4, 0.5) is 18.8 Å². The van der Waals surface area contributed by atoms with Gasteiger partial charge in [0.1, 0.15) is 0 Å². The number of halogens is 4. The highest BCUT2D eigenvalue weighted by Gasteiger charge is 2.04. The molecule has 4 N–H and O–H groups in total. The highest BCUT2D eigenvalue weighted by molar-refractivity contribution is 5.38. The van der Waals surface area contributed by atoms with Gasteiger partial charge in [-0.25, -0.2) is 0 Å².